The van der Waals surface area contributed by atoms with Crippen molar-refractivity contribution in [1.82, 2.24) is 24.1 Å². The second-order valence-electron chi connectivity index (χ2n) is 8.12. The number of imidazole rings is 1. The maximum absolute atomic E-state index is 5.71. The van der Waals surface area contributed by atoms with Crippen molar-refractivity contribution in [2.75, 3.05) is 19.5 Å². The van der Waals surface area contributed by atoms with Crippen LogP contribution in [0.15, 0.2) is 61.2 Å². The van der Waals surface area contributed by atoms with Crippen molar-refractivity contribution in [3.63, 3.8) is 0 Å². The minimum Gasteiger partial charge on any atom is -0.497 e. The van der Waals surface area contributed by atoms with Crippen molar-refractivity contribution >= 4 is 17.0 Å². The lowest BCUT2D eigenvalue weighted by Gasteiger charge is -2.12. The molecule has 0 aliphatic rings. The summed E-state index contributed by atoms with van der Waals surface area (Å²) in [5, 5.41) is 7.92. The third-order valence-corrected chi connectivity index (χ3v) is 5.90. The molecule has 0 radical (unpaired) electrons. The molecule has 0 bridgehead atoms. The summed E-state index contributed by atoms with van der Waals surface area (Å²) in [6.07, 6.45) is 5.56. The molecular formula is C26H26N6O2. The van der Waals surface area contributed by atoms with E-state index in [2.05, 4.69) is 15.4 Å². The van der Waals surface area contributed by atoms with E-state index < -0.39 is 0 Å². The van der Waals surface area contributed by atoms with Gasteiger partial charge in [-0.1, -0.05) is 12.1 Å². The van der Waals surface area contributed by atoms with Crippen molar-refractivity contribution in [1.29, 1.82) is 0 Å². The highest BCUT2D eigenvalue weighted by molar-refractivity contribution is 5.80. The number of methoxy groups -OCH3 is 2. The first-order valence-electron chi connectivity index (χ1n) is 10.9. The standard InChI is InChI=1S/C26H26N6O2/c1-16-22(14-31(3)30-16)21-10-9-19(12-24(21)34-5)28-23-13-27-15-32-17(2)25(29-26(23)32)18-7-6-8-20(11-18)33-4/h6-15,28H,1-5H3. The molecular weight excluding hydrogens is 428 g/mol. The molecule has 8 nitrogen and oxygen atoms in total. The van der Waals surface area contributed by atoms with E-state index in [4.69, 9.17) is 14.5 Å². The first kappa shape index (κ1) is 21.5. The van der Waals surface area contributed by atoms with E-state index in [1.165, 1.54) is 0 Å². The second kappa shape index (κ2) is 8.55. The highest BCUT2D eigenvalue weighted by atomic mass is 16.5. The van der Waals surface area contributed by atoms with Crippen LogP contribution in [-0.4, -0.2) is 38.4 Å². The van der Waals surface area contributed by atoms with Crippen molar-refractivity contribution in [2.24, 2.45) is 7.05 Å². The van der Waals surface area contributed by atoms with E-state index in [0.29, 0.717) is 0 Å². The number of aryl methyl sites for hydroxylation is 3. The van der Waals surface area contributed by atoms with Gasteiger partial charge in [0.15, 0.2) is 5.65 Å². The molecule has 3 aromatic heterocycles. The van der Waals surface area contributed by atoms with Crippen LogP contribution >= 0.6 is 0 Å². The summed E-state index contributed by atoms with van der Waals surface area (Å²) in [6, 6.07) is 13.9. The molecule has 0 saturated heterocycles. The minimum absolute atomic E-state index is 0.762. The number of hydrogen-bond acceptors (Lipinski definition) is 6. The normalized spacial score (nSPS) is 11.1. The first-order chi connectivity index (χ1) is 16.5. The van der Waals surface area contributed by atoms with Crippen LogP contribution in [0.25, 0.3) is 28.0 Å². The Hall–Kier alpha value is -4.33. The molecule has 0 fully saturated rings. The van der Waals surface area contributed by atoms with Gasteiger partial charge in [0, 0.05) is 47.4 Å². The van der Waals surface area contributed by atoms with Gasteiger partial charge in [-0.05, 0) is 38.1 Å². The molecule has 0 spiro atoms. The van der Waals surface area contributed by atoms with Gasteiger partial charge in [0.2, 0.25) is 0 Å². The number of aromatic nitrogens is 5. The lowest BCUT2D eigenvalue weighted by Crippen LogP contribution is -1.98. The second-order valence-corrected chi connectivity index (χ2v) is 8.12. The molecule has 8 heteroatoms. The smallest absolute Gasteiger partial charge is 0.164 e. The average molecular weight is 455 g/mol. The molecule has 5 aromatic rings. The zero-order valence-electron chi connectivity index (χ0n) is 19.8. The van der Waals surface area contributed by atoms with Crippen LogP contribution in [0, 0.1) is 13.8 Å². The molecule has 5 rings (SSSR count). The van der Waals surface area contributed by atoms with Gasteiger partial charge in [-0.2, -0.15) is 5.10 Å². The number of benzene rings is 2. The van der Waals surface area contributed by atoms with Gasteiger partial charge in [0.05, 0.1) is 31.8 Å². The topological polar surface area (TPSA) is 78.5 Å². The molecule has 172 valence electrons. The molecule has 0 atom stereocenters. The van der Waals surface area contributed by atoms with Crippen molar-refractivity contribution < 1.29 is 9.47 Å². The average Bonchev–Trinajstić information content (AvgIpc) is 3.37. The number of ether oxygens (including phenoxy) is 2. The van der Waals surface area contributed by atoms with Crippen LogP contribution in [0.2, 0.25) is 0 Å². The van der Waals surface area contributed by atoms with E-state index >= 15 is 0 Å². The van der Waals surface area contributed by atoms with Crippen molar-refractivity contribution in [3.8, 4) is 33.9 Å². The SMILES string of the molecule is COc1cccc(-c2nc3c(Nc4ccc(-c5cn(C)nc5C)c(OC)c4)cncn3c2C)c1. The number of anilines is 2. The van der Waals surface area contributed by atoms with Crippen molar-refractivity contribution in [3.05, 3.63) is 72.6 Å². The van der Waals surface area contributed by atoms with Gasteiger partial charge in [-0.3, -0.25) is 9.08 Å². The monoisotopic (exact) mass is 454 g/mol. The Morgan fingerprint density at radius 1 is 0.971 bits per heavy atom. The van der Waals surface area contributed by atoms with Crippen LogP contribution in [0.5, 0.6) is 11.5 Å². The molecule has 0 amide bonds. The molecule has 1 N–H and O–H groups in total. The van der Waals surface area contributed by atoms with Gasteiger partial charge >= 0.3 is 0 Å². The van der Waals surface area contributed by atoms with Gasteiger partial charge in [-0.25, -0.2) is 9.97 Å². The lowest BCUT2D eigenvalue weighted by molar-refractivity contribution is 0.415. The van der Waals surface area contributed by atoms with E-state index in [1.54, 1.807) is 26.7 Å². The minimum atomic E-state index is 0.762. The fourth-order valence-corrected chi connectivity index (χ4v) is 4.22. The Kier molecular flexibility index (Phi) is 5.41. The Labute approximate surface area is 197 Å². The number of hydrogen-bond donors (Lipinski definition) is 1. The van der Waals surface area contributed by atoms with Crippen LogP contribution in [-0.2, 0) is 7.05 Å². The zero-order valence-corrected chi connectivity index (χ0v) is 19.8. The van der Waals surface area contributed by atoms with E-state index in [9.17, 15) is 0 Å². The van der Waals surface area contributed by atoms with Gasteiger partial charge in [0.1, 0.15) is 23.5 Å². The summed E-state index contributed by atoms with van der Waals surface area (Å²) < 4.78 is 14.9. The van der Waals surface area contributed by atoms with Crippen LogP contribution in [0.3, 0.4) is 0 Å². The number of fused-ring (bicyclic) bond motifs is 1. The van der Waals surface area contributed by atoms with Crippen LogP contribution < -0.4 is 14.8 Å². The summed E-state index contributed by atoms with van der Waals surface area (Å²) in [6.45, 7) is 4.03. The fraction of sp³-hybridized carbons (Fsp3) is 0.192. The van der Waals surface area contributed by atoms with Crippen LogP contribution in [0.4, 0.5) is 11.4 Å². The molecule has 34 heavy (non-hydrogen) atoms. The Balaban J connectivity index is 1.53. The van der Waals surface area contributed by atoms with Gasteiger partial charge in [0.25, 0.3) is 0 Å². The summed E-state index contributed by atoms with van der Waals surface area (Å²) in [5.74, 6) is 1.55. The molecule has 0 aliphatic carbocycles. The molecule has 0 aliphatic heterocycles. The molecule has 3 heterocycles. The van der Waals surface area contributed by atoms with Gasteiger partial charge < -0.3 is 14.8 Å². The highest BCUT2D eigenvalue weighted by Crippen LogP contribution is 2.36. The number of rotatable bonds is 6. The van der Waals surface area contributed by atoms with E-state index in [1.807, 2.05) is 78.6 Å². The lowest BCUT2D eigenvalue weighted by atomic mass is 10.1. The molecule has 0 saturated carbocycles. The largest absolute Gasteiger partial charge is 0.497 e. The maximum atomic E-state index is 5.71. The Bertz CT molecular complexity index is 1500. The van der Waals surface area contributed by atoms with Gasteiger partial charge in [-0.15, -0.1) is 0 Å². The summed E-state index contributed by atoms with van der Waals surface area (Å²) >= 11 is 0. The first-order valence-corrected chi connectivity index (χ1v) is 10.9. The maximum Gasteiger partial charge on any atom is 0.164 e. The zero-order chi connectivity index (χ0) is 23.8. The number of nitrogens with zero attached hydrogens (tertiary/aromatic N) is 5. The predicted octanol–water partition coefficient (Wildman–Crippen LogP) is 5.17. The van der Waals surface area contributed by atoms with E-state index in [0.717, 1.165) is 62.3 Å². The Morgan fingerprint density at radius 3 is 2.56 bits per heavy atom. The molecule has 0 unspecified atom stereocenters. The quantitative estimate of drug-likeness (QED) is 0.381. The Morgan fingerprint density at radius 2 is 1.82 bits per heavy atom. The summed E-state index contributed by atoms with van der Waals surface area (Å²) in [4.78, 5) is 9.36. The third-order valence-electron chi connectivity index (χ3n) is 5.90. The van der Waals surface area contributed by atoms with Crippen molar-refractivity contribution in [2.45, 2.75) is 13.8 Å². The number of nitrogens with one attached hydrogen (secondary N) is 1. The highest BCUT2D eigenvalue weighted by Gasteiger charge is 2.16. The summed E-state index contributed by atoms with van der Waals surface area (Å²) in [7, 11) is 5.25. The van der Waals surface area contributed by atoms with Crippen LogP contribution in [0.1, 0.15) is 11.4 Å². The van der Waals surface area contributed by atoms with E-state index in [-0.39, 0.29) is 0 Å². The predicted molar refractivity (Wildman–Crippen MR) is 133 cm³/mol. The molecule has 2 aromatic carbocycles. The summed E-state index contributed by atoms with van der Waals surface area (Å²) in [5.41, 5.74) is 8.32. The fourth-order valence-electron chi connectivity index (χ4n) is 4.22. The third kappa shape index (κ3) is 3.73.